The summed E-state index contributed by atoms with van der Waals surface area (Å²) in [6, 6.07) is 16.7. The highest BCUT2D eigenvalue weighted by molar-refractivity contribution is 7.89. The quantitative estimate of drug-likeness (QED) is 0.643. The first kappa shape index (κ1) is 20.0. The van der Waals surface area contributed by atoms with Crippen molar-refractivity contribution in [3.05, 3.63) is 72.4 Å². The predicted molar refractivity (Wildman–Crippen MR) is 107 cm³/mol. The first-order valence-electron chi connectivity index (χ1n) is 8.77. The van der Waals surface area contributed by atoms with Crippen LogP contribution in [0.3, 0.4) is 0 Å². The van der Waals surface area contributed by atoms with Crippen LogP contribution in [0.1, 0.15) is 25.5 Å². The summed E-state index contributed by atoms with van der Waals surface area (Å²) >= 11 is 0. The maximum atomic E-state index is 13.3. The summed E-state index contributed by atoms with van der Waals surface area (Å²) in [5.41, 5.74) is -0.101. The molecule has 3 aromatic rings. The third-order valence-corrected chi connectivity index (χ3v) is 6.18. The van der Waals surface area contributed by atoms with Crippen molar-refractivity contribution in [3.8, 4) is 0 Å². The molecule has 0 fully saturated rings. The Morgan fingerprint density at radius 2 is 1.71 bits per heavy atom. The summed E-state index contributed by atoms with van der Waals surface area (Å²) in [6.45, 7) is 3.31. The van der Waals surface area contributed by atoms with Crippen molar-refractivity contribution in [2.24, 2.45) is 5.41 Å². The van der Waals surface area contributed by atoms with Gasteiger partial charge in [-0.25, -0.2) is 13.1 Å². The van der Waals surface area contributed by atoms with E-state index in [9.17, 15) is 13.2 Å². The molecule has 0 aliphatic carbocycles. The number of nitrogens with zero attached hydrogens (tertiary/aromatic N) is 1. The molecule has 6 nitrogen and oxygen atoms in total. The molecule has 7 heteroatoms. The Morgan fingerprint density at radius 1 is 1.04 bits per heavy atom. The van der Waals surface area contributed by atoms with E-state index in [1.54, 1.807) is 68.6 Å². The number of carbonyl (C=O) groups is 1. The van der Waals surface area contributed by atoms with E-state index in [1.165, 1.54) is 13.2 Å². The average molecular weight is 398 g/mol. The number of benzene rings is 2. The lowest BCUT2D eigenvalue weighted by molar-refractivity contribution is -0.152. The number of pyridine rings is 1. The number of aromatic nitrogens is 1. The minimum Gasteiger partial charge on any atom is -0.469 e. The third-order valence-electron chi connectivity index (χ3n) is 4.72. The summed E-state index contributed by atoms with van der Waals surface area (Å²) in [5.74, 6) is -0.514. The van der Waals surface area contributed by atoms with E-state index in [4.69, 9.17) is 4.74 Å². The first-order chi connectivity index (χ1) is 13.3. The summed E-state index contributed by atoms with van der Waals surface area (Å²) in [6.07, 6.45) is 1.55. The van der Waals surface area contributed by atoms with E-state index >= 15 is 0 Å². The molecule has 0 saturated carbocycles. The van der Waals surface area contributed by atoms with Crippen LogP contribution in [0.2, 0.25) is 0 Å². The number of methoxy groups -OCH3 is 1. The maximum absolute atomic E-state index is 13.3. The number of carbonyl (C=O) groups excluding carboxylic acids is 1. The molecule has 146 valence electrons. The maximum Gasteiger partial charge on any atom is 0.313 e. The molecule has 0 amide bonds. The van der Waals surface area contributed by atoms with E-state index in [1.807, 2.05) is 6.07 Å². The van der Waals surface area contributed by atoms with Gasteiger partial charge in [-0.3, -0.25) is 9.78 Å². The van der Waals surface area contributed by atoms with E-state index in [-0.39, 0.29) is 4.90 Å². The molecule has 1 unspecified atom stereocenters. The largest absolute Gasteiger partial charge is 0.469 e. The molecular formula is C21H22N2O4S. The molecule has 1 aromatic heterocycles. The zero-order valence-corrected chi connectivity index (χ0v) is 16.7. The minimum absolute atomic E-state index is 0.0622. The lowest BCUT2D eigenvalue weighted by Crippen LogP contribution is -2.43. The number of nitrogens with one attached hydrogen (secondary N) is 1. The van der Waals surface area contributed by atoms with Gasteiger partial charge in [0.1, 0.15) is 4.90 Å². The second-order valence-electron chi connectivity index (χ2n) is 7.01. The third kappa shape index (κ3) is 3.76. The van der Waals surface area contributed by atoms with Crippen LogP contribution in [0.5, 0.6) is 0 Å². The molecule has 0 aliphatic heterocycles. The highest BCUT2D eigenvalue weighted by Gasteiger charge is 2.41. The van der Waals surface area contributed by atoms with Crippen molar-refractivity contribution in [2.45, 2.75) is 24.8 Å². The fourth-order valence-electron chi connectivity index (χ4n) is 3.17. The van der Waals surface area contributed by atoms with Crippen LogP contribution >= 0.6 is 0 Å². The van der Waals surface area contributed by atoms with Crippen LogP contribution in [-0.2, 0) is 19.6 Å². The molecule has 0 saturated heterocycles. The summed E-state index contributed by atoms with van der Waals surface area (Å²) in [5, 5.41) is 0.717. The Balaban J connectivity index is 2.11. The van der Waals surface area contributed by atoms with Crippen molar-refractivity contribution < 1.29 is 17.9 Å². The fraction of sp³-hybridized carbons (Fsp3) is 0.238. The Labute approximate surface area is 164 Å². The van der Waals surface area contributed by atoms with Gasteiger partial charge in [0, 0.05) is 11.6 Å². The normalized spacial score (nSPS) is 13.2. The van der Waals surface area contributed by atoms with Gasteiger partial charge in [0.15, 0.2) is 0 Å². The van der Waals surface area contributed by atoms with Crippen LogP contribution in [0.25, 0.3) is 10.9 Å². The second-order valence-corrected chi connectivity index (χ2v) is 8.69. The molecule has 1 atom stereocenters. The standard InChI is InChI=1S/C21H22N2O4S/c1-21(2,20(24)27-3)19(16-9-5-4-6-10-16)23-28(25,26)17-13-7-11-15-12-8-14-22-18(15)17/h4-14,19,23H,1-3H3. The number of ether oxygens (including phenoxy) is 1. The van der Waals surface area contributed by atoms with Gasteiger partial charge in [0.05, 0.1) is 24.1 Å². The molecule has 1 N–H and O–H groups in total. The first-order valence-corrected chi connectivity index (χ1v) is 10.2. The topological polar surface area (TPSA) is 85.4 Å². The number of hydrogen-bond acceptors (Lipinski definition) is 5. The highest BCUT2D eigenvalue weighted by Crippen LogP contribution is 2.36. The lowest BCUT2D eigenvalue weighted by atomic mass is 9.81. The van der Waals surface area contributed by atoms with Gasteiger partial charge in [0.25, 0.3) is 0 Å². The monoisotopic (exact) mass is 398 g/mol. The van der Waals surface area contributed by atoms with Crippen molar-refractivity contribution in [3.63, 3.8) is 0 Å². The Kier molecular flexibility index (Phi) is 5.49. The highest BCUT2D eigenvalue weighted by atomic mass is 32.2. The Bertz CT molecular complexity index is 1090. The predicted octanol–water partition coefficient (Wildman–Crippen LogP) is 3.45. The van der Waals surface area contributed by atoms with Crippen molar-refractivity contribution in [2.75, 3.05) is 7.11 Å². The van der Waals surface area contributed by atoms with Crippen molar-refractivity contribution >= 4 is 26.9 Å². The fourth-order valence-corrected chi connectivity index (χ4v) is 4.72. The molecular weight excluding hydrogens is 376 g/mol. The van der Waals surface area contributed by atoms with E-state index in [0.29, 0.717) is 16.5 Å². The van der Waals surface area contributed by atoms with Gasteiger partial charge in [-0.1, -0.05) is 48.5 Å². The number of para-hydroxylation sites is 1. The summed E-state index contributed by atoms with van der Waals surface area (Å²) in [4.78, 5) is 16.7. The zero-order chi connectivity index (χ0) is 20.4. The molecule has 1 heterocycles. The van der Waals surface area contributed by atoms with Crippen molar-refractivity contribution in [1.82, 2.24) is 9.71 Å². The van der Waals surface area contributed by atoms with E-state index in [0.717, 1.165) is 0 Å². The molecule has 0 radical (unpaired) electrons. The second kappa shape index (κ2) is 7.69. The van der Waals surface area contributed by atoms with Gasteiger partial charge in [0.2, 0.25) is 10.0 Å². The zero-order valence-electron chi connectivity index (χ0n) is 15.9. The number of sulfonamides is 1. The summed E-state index contributed by atoms with van der Waals surface area (Å²) in [7, 11) is -2.69. The molecule has 0 aliphatic rings. The Morgan fingerprint density at radius 3 is 2.39 bits per heavy atom. The van der Waals surface area contributed by atoms with E-state index < -0.39 is 27.4 Å². The van der Waals surface area contributed by atoms with E-state index in [2.05, 4.69) is 9.71 Å². The van der Waals surface area contributed by atoms with Gasteiger partial charge in [-0.15, -0.1) is 0 Å². The SMILES string of the molecule is COC(=O)C(C)(C)C(NS(=O)(=O)c1cccc2cccnc12)c1ccccc1. The van der Waals surface area contributed by atoms with Crippen LogP contribution in [0.4, 0.5) is 0 Å². The van der Waals surface area contributed by atoms with Gasteiger partial charge < -0.3 is 4.74 Å². The molecule has 28 heavy (non-hydrogen) atoms. The molecule has 2 aromatic carbocycles. The number of hydrogen-bond donors (Lipinski definition) is 1. The van der Waals surface area contributed by atoms with Gasteiger partial charge >= 0.3 is 5.97 Å². The molecule has 3 rings (SSSR count). The van der Waals surface area contributed by atoms with Gasteiger partial charge in [-0.2, -0.15) is 0 Å². The summed E-state index contributed by atoms with van der Waals surface area (Å²) < 4.78 is 34.2. The number of rotatable bonds is 6. The Hall–Kier alpha value is -2.77. The van der Waals surface area contributed by atoms with Crippen LogP contribution in [0.15, 0.2) is 71.8 Å². The number of fused-ring (bicyclic) bond motifs is 1. The molecule has 0 spiro atoms. The number of esters is 1. The van der Waals surface area contributed by atoms with Crippen LogP contribution in [-0.4, -0.2) is 26.5 Å². The molecule has 0 bridgehead atoms. The smallest absolute Gasteiger partial charge is 0.313 e. The lowest BCUT2D eigenvalue weighted by Gasteiger charge is -2.32. The van der Waals surface area contributed by atoms with Gasteiger partial charge in [-0.05, 0) is 31.5 Å². The van der Waals surface area contributed by atoms with Crippen molar-refractivity contribution in [1.29, 1.82) is 0 Å². The average Bonchev–Trinajstić information content (AvgIpc) is 2.71. The van der Waals surface area contributed by atoms with Crippen LogP contribution < -0.4 is 4.72 Å². The minimum atomic E-state index is -3.98. The van der Waals surface area contributed by atoms with Crippen LogP contribution in [0, 0.1) is 5.41 Å².